The van der Waals surface area contributed by atoms with Crippen molar-refractivity contribution in [2.45, 2.75) is 24.5 Å². The van der Waals surface area contributed by atoms with Crippen LogP contribution < -0.4 is 15.1 Å². The Balaban J connectivity index is 1.46. The molecule has 0 saturated carbocycles. The molecular formula is C21H27N7OS. The van der Waals surface area contributed by atoms with Gasteiger partial charge in [0.25, 0.3) is 5.91 Å². The first kappa shape index (κ1) is 20.5. The molecule has 0 atom stereocenters. The maximum Gasteiger partial charge on any atom is 0.251 e. The van der Waals surface area contributed by atoms with Gasteiger partial charge in [0, 0.05) is 45.0 Å². The van der Waals surface area contributed by atoms with E-state index in [-0.39, 0.29) is 5.91 Å². The summed E-state index contributed by atoms with van der Waals surface area (Å²) >= 11 is 1.53. The van der Waals surface area contributed by atoms with E-state index in [2.05, 4.69) is 20.3 Å². The van der Waals surface area contributed by atoms with Crippen LogP contribution in [0, 0.1) is 0 Å². The van der Waals surface area contributed by atoms with E-state index in [1.807, 2.05) is 60.4 Å². The van der Waals surface area contributed by atoms with E-state index >= 15 is 0 Å². The van der Waals surface area contributed by atoms with Gasteiger partial charge in [0.15, 0.2) is 10.8 Å². The fraction of sp³-hybridized carbons (Fsp3) is 0.429. The summed E-state index contributed by atoms with van der Waals surface area (Å²) < 4.78 is 1.85. The number of nitrogens with one attached hydrogen (secondary N) is 1. The zero-order valence-corrected chi connectivity index (χ0v) is 18.4. The first-order chi connectivity index (χ1) is 14.6. The van der Waals surface area contributed by atoms with Crippen LogP contribution in [0.3, 0.4) is 0 Å². The van der Waals surface area contributed by atoms with Crippen molar-refractivity contribution in [1.82, 2.24) is 25.1 Å². The van der Waals surface area contributed by atoms with Crippen LogP contribution in [0.1, 0.15) is 23.2 Å². The molecule has 9 heteroatoms. The van der Waals surface area contributed by atoms with E-state index in [0.717, 1.165) is 40.8 Å². The van der Waals surface area contributed by atoms with Crippen LogP contribution in [-0.4, -0.2) is 65.6 Å². The predicted molar refractivity (Wildman–Crippen MR) is 122 cm³/mol. The molecule has 0 radical (unpaired) electrons. The van der Waals surface area contributed by atoms with E-state index < -0.39 is 0 Å². The minimum Gasteiger partial charge on any atom is -0.378 e. The molecule has 3 aromatic rings. The molecule has 1 aromatic carbocycles. The zero-order valence-electron chi connectivity index (χ0n) is 17.6. The molecule has 0 spiro atoms. The molecule has 1 amide bonds. The van der Waals surface area contributed by atoms with Gasteiger partial charge in [0.1, 0.15) is 5.82 Å². The summed E-state index contributed by atoms with van der Waals surface area (Å²) in [6.07, 6.45) is 6.21. The molecular weight excluding hydrogens is 398 g/mol. The Morgan fingerprint density at radius 3 is 2.57 bits per heavy atom. The van der Waals surface area contributed by atoms with Gasteiger partial charge in [-0.3, -0.25) is 4.79 Å². The lowest BCUT2D eigenvalue weighted by Gasteiger charge is -2.17. The summed E-state index contributed by atoms with van der Waals surface area (Å²) in [5, 5.41) is 9.22. The summed E-state index contributed by atoms with van der Waals surface area (Å²) in [4.78, 5) is 26.2. The van der Waals surface area contributed by atoms with Gasteiger partial charge in [0.05, 0.1) is 18.1 Å². The van der Waals surface area contributed by atoms with Crippen LogP contribution in [0.25, 0.3) is 11.0 Å². The van der Waals surface area contributed by atoms with Gasteiger partial charge in [-0.1, -0.05) is 11.8 Å². The maximum absolute atomic E-state index is 12.5. The molecule has 1 fully saturated rings. The van der Waals surface area contributed by atoms with Crippen molar-refractivity contribution in [2.75, 3.05) is 49.8 Å². The second kappa shape index (κ2) is 8.91. The molecule has 1 N–H and O–H groups in total. The average molecular weight is 426 g/mol. The molecule has 1 saturated heterocycles. The van der Waals surface area contributed by atoms with Crippen LogP contribution in [0.5, 0.6) is 0 Å². The Hall–Kier alpha value is -2.81. The largest absolute Gasteiger partial charge is 0.378 e. The van der Waals surface area contributed by atoms with Gasteiger partial charge in [-0.05, 0) is 43.4 Å². The van der Waals surface area contributed by atoms with Crippen molar-refractivity contribution >= 4 is 40.2 Å². The third-order valence-electron chi connectivity index (χ3n) is 5.30. The second-order valence-electron chi connectivity index (χ2n) is 7.53. The van der Waals surface area contributed by atoms with E-state index in [1.165, 1.54) is 24.6 Å². The predicted octanol–water partition coefficient (Wildman–Crippen LogP) is 2.64. The van der Waals surface area contributed by atoms with Crippen molar-refractivity contribution in [3.05, 3.63) is 36.0 Å². The number of rotatable bonds is 7. The Morgan fingerprint density at radius 2 is 1.90 bits per heavy atom. The van der Waals surface area contributed by atoms with Crippen LogP contribution in [0.2, 0.25) is 0 Å². The SMILES string of the molecule is CSc1nc(N2CCCC2)c2cnn(CCNC(=O)c3ccc(N(C)C)cc3)c2n1. The highest BCUT2D eigenvalue weighted by molar-refractivity contribution is 7.98. The highest BCUT2D eigenvalue weighted by Crippen LogP contribution is 2.28. The first-order valence-electron chi connectivity index (χ1n) is 10.1. The van der Waals surface area contributed by atoms with Crippen molar-refractivity contribution in [3.63, 3.8) is 0 Å². The van der Waals surface area contributed by atoms with Crippen LogP contribution in [0.15, 0.2) is 35.6 Å². The Labute approximate surface area is 180 Å². The molecule has 1 aliphatic rings. The van der Waals surface area contributed by atoms with Crippen molar-refractivity contribution in [3.8, 4) is 0 Å². The number of amides is 1. The summed E-state index contributed by atoms with van der Waals surface area (Å²) in [5.41, 5.74) is 2.53. The van der Waals surface area contributed by atoms with Crippen molar-refractivity contribution < 1.29 is 4.79 Å². The summed E-state index contributed by atoms with van der Waals surface area (Å²) in [5.74, 6) is 0.882. The topological polar surface area (TPSA) is 79.2 Å². The lowest BCUT2D eigenvalue weighted by molar-refractivity contribution is 0.0952. The third kappa shape index (κ3) is 4.21. The zero-order chi connectivity index (χ0) is 21.1. The fourth-order valence-corrected chi connectivity index (χ4v) is 3.99. The molecule has 158 valence electrons. The molecule has 2 aromatic heterocycles. The van der Waals surface area contributed by atoms with Gasteiger partial charge < -0.3 is 15.1 Å². The van der Waals surface area contributed by atoms with Gasteiger partial charge in [-0.15, -0.1) is 0 Å². The fourth-order valence-electron chi connectivity index (χ4n) is 3.63. The number of hydrogen-bond acceptors (Lipinski definition) is 7. The van der Waals surface area contributed by atoms with Crippen LogP contribution in [-0.2, 0) is 6.54 Å². The van der Waals surface area contributed by atoms with Crippen LogP contribution in [0.4, 0.5) is 11.5 Å². The van der Waals surface area contributed by atoms with Gasteiger partial charge in [-0.2, -0.15) is 5.10 Å². The molecule has 30 heavy (non-hydrogen) atoms. The first-order valence-corrected chi connectivity index (χ1v) is 11.4. The summed E-state index contributed by atoms with van der Waals surface area (Å²) in [6, 6.07) is 7.57. The number of anilines is 2. The minimum absolute atomic E-state index is 0.0889. The quantitative estimate of drug-likeness (QED) is 0.460. The van der Waals surface area contributed by atoms with Crippen molar-refractivity contribution in [2.24, 2.45) is 0 Å². The minimum atomic E-state index is -0.0889. The number of aromatic nitrogens is 4. The lowest BCUT2D eigenvalue weighted by atomic mass is 10.2. The van der Waals surface area contributed by atoms with E-state index in [0.29, 0.717) is 18.7 Å². The normalized spacial score (nSPS) is 13.8. The molecule has 4 rings (SSSR count). The molecule has 0 unspecified atom stereocenters. The number of carbonyl (C=O) groups is 1. The smallest absolute Gasteiger partial charge is 0.251 e. The van der Waals surface area contributed by atoms with Gasteiger partial charge in [0.2, 0.25) is 0 Å². The Morgan fingerprint density at radius 1 is 1.17 bits per heavy atom. The number of nitrogens with zero attached hydrogens (tertiary/aromatic N) is 6. The monoisotopic (exact) mass is 425 g/mol. The van der Waals surface area contributed by atoms with E-state index in [1.54, 1.807) is 0 Å². The van der Waals surface area contributed by atoms with Crippen molar-refractivity contribution in [1.29, 1.82) is 0 Å². The van der Waals surface area contributed by atoms with Gasteiger partial charge >= 0.3 is 0 Å². The number of hydrogen-bond donors (Lipinski definition) is 1. The Bertz CT molecular complexity index is 1030. The second-order valence-corrected chi connectivity index (χ2v) is 8.30. The highest BCUT2D eigenvalue weighted by atomic mass is 32.2. The standard InChI is InChI=1S/C21H27N7OS/c1-26(2)16-8-6-15(7-9-16)20(29)22-10-13-28-19-17(14-23-28)18(24-21(25-19)30-3)27-11-4-5-12-27/h6-9,14H,4-5,10-13H2,1-3H3,(H,22,29). The molecule has 1 aliphatic heterocycles. The number of fused-ring (bicyclic) bond motifs is 1. The lowest BCUT2D eigenvalue weighted by Crippen LogP contribution is -2.27. The maximum atomic E-state index is 12.5. The highest BCUT2D eigenvalue weighted by Gasteiger charge is 2.20. The molecule has 3 heterocycles. The Kier molecular flexibility index (Phi) is 6.08. The van der Waals surface area contributed by atoms with Crippen LogP contribution >= 0.6 is 11.8 Å². The van der Waals surface area contributed by atoms with E-state index in [4.69, 9.17) is 4.98 Å². The van der Waals surface area contributed by atoms with E-state index in [9.17, 15) is 4.79 Å². The summed E-state index contributed by atoms with van der Waals surface area (Å²) in [6.45, 7) is 3.07. The molecule has 8 nitrogen and oxygen atoms in total. The van der Waals surface area contributed by atoms with Gasteiger partial charge in [-0.25, -0.2) is 14.6 Å². The average Bonchev–Trinajstić information content (AvgIpc) is 3.43. The molecule has 0 bridgehead atoms. The number of thioether (sulfide) groups is 1. The third-order valence-corrected chi connectivity index (χ3v) is 5.85. The molecule has 0 aliphatic carbocycles. The summed E-state index contributed by atoms with van der Waals surface area (Å²) in [7, 11) is 3.95. The number of carbonyl (C=O) groups excluding carboxylic acids is 1. The number of benzene rings is 1.